The molecule has 120 valence electrons. The van der Waals surface area contributed by atoms with Gasteiger partial charge >= 0.3 is 6.16 Å². The number of fused-ring (bicyclic) bond motifs is 1. The summed E-state index contributed by atoms with van der Waals surface area (Å²) < 4.78 is 4.73. The molecule has 0 bridgehead atoms. The Morgan fingerprint density at radius 1 is 1.17 bits per heavy atom. The minimum absolute atomic E-state index is 0.397. The fraction of sp³-hybridized carbons (Fsp3) is 0.316. The summed E-state index contributed by atoms with van der Waals surface area (Å²) in [4.78, 5) is 13.0. The summed E-state index contributed by atoms with van der Waals surface area (Å²) in [5.74, 6) is 0.397. The Balaban J connectivity index is 1.73. The van der Waals surface area contributed by atoms with Crippen LogP contribution in [0.3, 0.4) is 0 Å². The van der Waals surface area contributed by atoms with Gasteiger partial charge in [0.15, 0.2) is 0 Å². The molecule has 0 radical (unpaired) electrons. The van der Waals surface area contributed by atoms with Gasteiger partial charge in [-0.3, -0.25) is 0 Å². The number of benzene rings is 2. The lowest BCUT2D eigenvalue weighted by Gasteiger charge is -2.31. The molecule has 1 aliphatic rings. The molecular formula is C19H21NO3. The monoisotopic (exact) mass is 311 g/mol. The van der Waals surface area contributed by atoms with Crippen molar-refractivity contribution in [2.45, 2.75) is 32.7 Å². The van der Waals surface area contributed by atoms with Crippen molar-refractivity contribution in [2.24, 2.45) is 0 Å². The Morgan fingerprint density at radius 3 is 2.65 bits per heavy atom. The number of anilines is 1. The molecule has 2 aromatic rings. The Kier molecular flexibility index (Phi) is 4.51. The number of hydrogen-bond donors (Lipinski definition) is 1. The molecule has 0 saturated heterocycles. The highest BCUT2D eigenvalue weighted by atomic mass is 16.7. The van der Waals surface area contributed by atoms with Gasteiger partial charge in [0.2, 0.25) is 0 Å². The smallest absolute Gasteiger partial charge is 0.449 e. The highest BCUT2D eigenvalue weighted by molar-refractivity contribution is 5.61. The van der Waals surface area contributed by atoms with Gasteiger partial charge in [0.25, 0.3) is 0 Å². The SMILES string of the molecule is CCCc1ccc(N2CCc3cc(OC(=O)O)ccc3C2)cc1. The maximum absolute atomic E-state index is 10.6. The lowest BCUT2D eigenvalue weighted by atomic mass is 9.98. The van der Waals surface area contributed by atoms with E-state index in [-0.39, 0.29) is 0 Å². The molecule has 1 heterocycles. The fourth-order valence-corrected chi connectivity index (χ4v) is 3.08. The molecule has 0 amide bonds. The lowest BCUT2D eigenvalue weighted by Crippen LogP contribution is -2.30. The van der Waals surface area contributed by atoms with Crippen LogP contribution in [0.4, 0.5) is 10.5 Å². The van der Waals surface area contributed by atoms with Crippen LogP contribution in [0.2, 0.25) is 0 Å². The molecule has 1 aliphatic heterocycles. The second-order valence-electron chi connectivity index (χ2n) is 5.89. The summed E-state index contributed by atoms with van der Waals surface area (Å²) in [7, 11) is 0. The highest BCUT2D eigenvalue weighted by Gasteiger charge is 2.17. The highest BCUT2D eigenvalue weighted by Crippen LogP contribution is 2.27. The van der Waals surface area contributed by atoms with Gasteiger partial charge in [-0.1, -0.05) is 31.5 Å². The van der Waals surface area contributed by atoms with E-state index in [1.807, 2.05) is 12.1 Å². The van der Waals surface area contributed by atoms with Crippen molar-refractivity contribution in [3.63, 3.8) is 0 Å². The zero-order valence-electron chi connectivity index (χ0n) is 13.3. The molecule has 4 nitrogen and oxygen atoms in total. The largest absolute Gasteiger partial charge is 0.511 e. The van der Waals surface area contributed by atoms with Gasteiger partial charge in [-0.25, -0.2) is 4.79 Å². The third kappa shape index (κ3) is 3.65. The summed E-state index contributed by atoms with van der Waals surface area (Å²) in [6, 6.07) is 14.3. The average molecular weight is 311 g/mol. The van der Waals surface area contributed by atoms with Crippen LogP contribution in [0.5, 0.6) is 5.75 Å². The number of nitrogens with zero attached hydrogens (tertiary/aromatic N) is 1. The van der Waals surface area contributed by atoms with E-state index in [4.69, 9.17) is 9.84 Å². The van der Waals surface area contributed by atoms with Crippen molar-refractivity contribution >= 4 is 11.8 Å². The first-order valence-electron chi connectivity index (χ1n) is 8.02. The first-order valence-corrected chi connectivity index (χ1v) is 8.02. The second kappa shape index (κ2) is 6.73. The molecule has 0 aliphatic carbocycles. The lowest BCUT2D eigenvalue weighted by molar-refractivity contribution is 0.144. The van der Waals surface area contributed by atoms with Crippen molar-refractivity contribution in [1.29, 1.82) is 0 Å². The number of carboxylic acid groups (broad SMARTS) is 1. The predicted molar refractivity (Wildman–Crippen MR) is 90.3 cm³/mol. The van der Waals surface area contributed by atoms with E-state index in [9.17, 15) is 4.79 Å². The Hall–Kier alpha value is -2.49. The predicted octanol–water partition coefficient (Wildman–Crippen LogP) is 4.26. The van der Waals surface area contributed by atoms with Crippen LogP contribution < -0.4 is 9.64 Å². The number of aryl methyl sites for hydroxylation is 1. The maximum atomic E-state index is 10.6. The van der Waals surface area contributed by atoms with Crippen LogP contribution in [0.1, 0.15) is 30.0 Å². The standard InChI is InChI=1S/C19H21NO3/c1-2-3-14-4-7-17(8-5-14)20-11-10-15-12-18(23-19(21)22)9-6-16(15)13-20/h4-9,12H,2-3,10-11,13H2,1H3,(H,21,22). The molecule has 4 heteroatoms. The quantitative estimate of drug-likeness (QED) is 0.677. The third-order valence-corrected chi connectivity index (χ3v) is 4.24. The van der Waals surface area contributed by atoms with Crippen LogP contribution in [0.15, 0.2) is 42.5 Å². The van der Waals surface area contributed by atoms with Gasteiger partial charge in [0.1, 0.15) is 5.75 Å². The summed E-state index contributed by atoms with van der Waals surface area (Å²) in [6.45, 7) is 3.96. The Labute approximate surface area is 136 Å². The summed E-state index contributed by atoms with van der Waals surface area (Å²) >= 11 is 0. The minimum atomic E-state index is -1.27. The van der Waals surface area contributed by atoms with E-state index < -0.39 is 6.16 Å². The van der Waals surface area contributed by atoms with Crippen molar-refractivity contribution in [3.05, 3.63) is 59.2 Å². The minimum Gasteiger partial charge on any atom is -0.449 e. The van der Waals surface area contributed by atoms with Crippen LogP contribution in [0.25, 0.3) is 0 Å². The van der Waals surface area contributed by atoms with Gasteiger partial charge < -0.3 is 14.7 Å². The first-order chi connectivity index (χ1) is 11.2. The zero-order chi connectivity index (χ0) is 16.2. The molecule has 0 aromatic heterocycles. The molecule has 23 heavy (non-hydrogen) atoms. The topological polar surface area (TPSA) is 49.8 Å². The van der Waals surface area contributed by atoms with Gasteiger partial charge in [-0.2, -0.15) is 0 Å². The van der Waals surface area contributed by atoms with E-state index >= 15 is 0 Å². The van der Waals surface area contributed by atoms with E-state index in [2.05, 4.69) is 36.1 Å². The first kappa shape index (κ1) is 15.4. The van der Waals surface area contributed by atoms with Gasteiger partial charge in [-0.05, 0) is 53.8 Å². The summed E-state index contributed by atoms with van der Waals surface area (Å²) in [6.07, 6.45) is 1.91. The van der Waals surface area contributed by atoms with Crippen molar-refractivity contribution in [2.75, 3.05) is 11.4 Å². The second-order valence-corrected chi connectivity index (χ2v) is 5.89. The van der Waals surface area contributed by atoms with Crippen molar-refractivity contribution in [1.82, 2.24) is 0 Å². The maximum Gasteiger partial charge on any atom is 0.511 e. The third-order valence-electron chi connectivity index (χ3n) is 4.24. The van der Waals surface area contributed by atoms with E-state index in [1.54, 1.807) is 6.07 Å². The van der Waals surface area contributed by atoms with Crippen LogP contribution in [-0.4, -0.2) is 17.8 Å². The van der Waals surface area contributed by atoms with E-state index in [0.29, 0.717) is 5.75 Å². The number of carbonyl (C=O) groups is 1. The molecule has 0 unspecified atom stereocenters. The van der Waals surface area contributed by atoms with Crippen molar-refractivity contribution < 1.29 is 14.6 Å². The number of hydrogen-bond acceptors (Lipinski definition) is 3. The van der Waals surface area contributed by atoms with E-state index in [1.165, 1.54) is 22.4 Å². The molecule has 0 atom stereocenters. The van der Waals surface area contributed by atoms with Crippen LogP contribution in [-0.2, 0) is 19.4 Å². The van der Waals surface area contributed by atoms with Gasteiger partial charge in [-0.15, -0.1) is 0 Å². The average Bonchev–Trinajstić information content (AvgIpc) is 2.55. The van der Waals surface area contributed by atoms with Crippen LogP contribution in [0, 0.1) is 0 Å². The molecule has 0 fully saturated rings. The summed E-state index contributed by atoms with van der Waals surface area (Å²) in [5.41, 5.74) is 5.01. The van der Waals surface area contributed by atoms with Gasteiger partial charge in [0, 0.05) is 18.8 Å². The van der Waals surface area contributed by atoms with E-state index in [0.717, 1.165) is 32.4 Å². The molecular weight excluding hydrogens is 290 g/mol. The molecule has 0 saturated carbocycles. The molecule has 0 spiro atoms. The van der Waals surface area contributed by atoms with Gasteiger partial charge in [0.05, 0.1) is 0 Å². The number of ether oxygens (including phenoxy) is 1. The Morgan fingerprint density at radius 2 is 1.96 bits per heavy atom. The zero-order valence-corrected chi connectivity index (χ0v) is 13.3. The summed E-state index contributed by atoms with van der Waals surface area (Å²) in [5, 5.41) is 8.69. The van der Waals surface area contributed by atoms with Crippen molar-refractivity contribution in [3.8, 4) is 5.75 Å². The Bertz CT molecular complexity index is 694. The normalized spacial score (nSPS) is 13.5. The molecule has 1 N–H and O–H groups in total. The molecule has 2 aromatic carbocycles. The molecule has 3 rings (SSSR count). The van der Waals surface area contributed by atoms with Crippen LogP contribution >= 0.6 is 0 Å². The fourth-order valence-electron chi connectivity index (χ4n) is 3.08. The number of rotatable bonds is 4.